The number of hydrogen-bond donors (Lipinski definition) is 1. The van der Waals surface area contributed by atoms with Gasteiger partial charge in [0.15, 0.2) is 0 Å². The number of hydrogen-bond acceptors (Lipinski definition) is 6. The Labute approximate surface area is 171 Å². The van der Waals surface area contributed by atoms with Crippen LogP contribution in [0.3, 0.4) is 0 Å². The zero-order valence-electron chi connectivity index (χ0n) is 16.6. The quantitative estimate of drug-likeness (QED) is 0.726. The number of aromatic nitrogens is 2. The molecule has 2 aliphatic rings. The molecule has 0 saturated carbocycles. The van der Waals surface area contributed by atoms with Gasteiger partial charge in [0, 0.05) is 30.9 Å². The first-order valence-electron chi connectivity index (χ1n) is 10.2. The molecule has 1 unspecified atom stereocenters. The second-order valence-corrected chi connectivity index (χ2v) is 7.55. The van der Waals surface area contributed by atoms with Gasteiger partial charge in [0.25, 0.3) is 0 Å². The molecule has 0 aliphatic carbocycles. The lowest BCUT2D eigenvalue weighted by Gasteiger charge is -2.30. The summed E-state index contributed by atoms with van der Waals surface area (Å²) >= 11 is 0. The van der Waals surface area contributed by atoms with Gasteiger partial charge in [-0.15, -0.1) is 0 Å². The van der Waals surface area contributed by atoms with Crippen LogP contribution in [0.25, 0.3) is 0 Å². The summed E-state index contributed by atoms with van der Waals surface area (Å²) in [6.45, 7) is 5.56. The van der Waals surface area contributed by atoms with Gasteiger partial charge in [0.2, 0.25) is 0 Å². The molecule has 3 heterocycles. The van der Waals surface area contributed by atoms with Crippen LogP contribution >= 0.6 is 0 Å². The van der Waals surface area contributed by atoms with Crippen molar-refractivity contribution in [2.45, 2.75) is 19.4 Å². The fraction of sp³-hybridized carbons (Fsp3) is 0.304. The Kier molecular flexibility index (Phi) is 4.77. The van der Waals surface area contributed by atoms with Crippen molar-refractivity contribution in [2.24, 2.45) is 0 Å². The fourth-order valence-electron chi connectivity index (χ4n) is 4.26. The lowest BCUT2D eigenvalue weighted by atomic mass is 10.1. The molecule has 2 aromatic carbocycles. The Hall–Kier alpha value is -3.12. The molecule has 0 amide bonds. The lowest BCUT2D eigenvalue weighted by molar-refractivity contribution is 0.123. The van der Waals surface area contributed by atoms with Crippen molar-refractivity contribution in [2.75, 3.05) is 41.4 Å². The molecule has 2 aliphatic heterocycles. The average molecular weight is 387 g/mol. The van der Waals surface area contributed by atoms with Crippen LogP contribution in [0.15, 0.2) is 60.9 Å². The molecular formula is C23H25N5O. The summed E-state index contributed by atoms with van der Waals surface area (Å²) in [5.41, 5.74) is 4.83. The maximum absolute atomic E-state index is 5.50. The summed E-state index contributed by atoms with van der Waals surface area (Å²) in [7, 11) is 0. The molecule has 5 rings (SSSR count). The highest BCUT2D eigenvalue weighted by atomic mass is 16.5. The summed E-state index contributed by atoms with van der Waals surface area (Å²) in [5.74, 6) is 1.72. The van der Waals surface area contributed by atoms with Crippen LogP contribution in [0.2, 0.25) is 0 Å². The van der Waals surface area contributed by atoms with E-state index in [9.17, 15) is 0 Å². The van der Waals surface area contributed by atoms with E-state index in [1.807, 2.05) is 12.1 Å². The number of ether oxygens (including phenoxy) is 1. The van der Waals surface area contributed by atoms with E-state index in [0.29, 0.717) is 6.04 Å². The second-order valence-electron chi connectivity index (χ2n) is 7.55. The first-order valence-corrected chi connectivity index (χ1v) is 10.2. The van der Waals surface area contributed by atoms with Gasteiger partial charge < -0.3 is 19.9 Å². The zero-order valence-corrected chi connectivity index (χ0v) is 16.6. The van der Waals surface area contributed by atoms with Crippen LogP contribution in [0.5, 0.6) is 0 Å². The Balaban J connectivity index is 1.43. The van der Waals surface area contributed by atoms with Crippen molar-refractivity contribution in [1.29, 1.82) is 0 Å². The maximum Gasteiger partial charge on any atom is 0.138 e. The van der Waals surface area contributed by atoms with Crippen molar-refractivity contribution in [3.8, 4) is 0 Å². The molecule has 1 aromatic heterocycles. The van der Waals surface area contributed by atoms with Crippen molar-refractivity contribution >= 4 is 28.7 Å². The van der Waals surface area contributed by atoms with Gasteiger partial charge in [-0.2, -0.15) is 0 Å². The number of anilines is 5. The summed E-state index contributed by atoms with van der Waals surface area (Å²) in [4.78, 5) is 13.7. The third-order valence-electron chi connectivity index (χ3n) is 5.63. The van der Waals surface area contributed by atoms with Gasteiger partial charge in [-0.05, 0) is 37.1 Å². The van der Waals surface area contributed by atoms with E-state index in [2.05, 4.69) is 74.5 Å². The van der Waals surface area contributed by atoms with Crippen molar-refractivity contribution in [1.82, 2.24) is 9.97 Å². The van der Waals surface area contributed by atoms with Crippen LogP contribution in [-0.4, -0.2) is 42.3 Å². The molecule has 1 saturated heterocycles. The number of nitrogens with zero attached hydrogens (tertiary/aromatic N) is 4. The van der Waals surface area contributed by atoms with E-state index >= 15 is 0 Å². The molecular weight excluding hydrogens is 362 g/mol. The van der Waals surface area contributed by atoms with Gasteiger partial charge >= 0.3 is 0 Å². The topological polar surface area (TPSA) is 53.5 Å². The molecule has 1 fully saturated rings. The summed E-state index contributed by atoms with van der Waals surface area (Å²) in [6, 6.07) is 19.3. The predicted molar refractivity (Wildman–Crippen MR) is 117 cm³/mol. The fourth-order valence-corrected chi connectivity index (χ4v) is 4.26. The van der Waals surface area contributed by atoms with E-state index in [0.717, 1.165) is 50.0 Å². The first-order chi connectivity index (χ1) is 14.3. The minimum absolute atomic E-state index is 0.371. The van der Waals surface area contributed by atoms with Gasteiger partial charge in [0.1, 0.15) is 18.0 Å². The molecule has 0 spiro atoms. The highest BCUT2D eigenvalue weighted by Crippen LogP contribution is 2.38. The predicted octanol–water partition coefficient (Wildman–Crippen LogP) is 4.14. The van der Waals surface area contributed by atoms with Crippen molar-refractivity contribution in [3.63, 3.8) is 0 Å². The lowest BCUT2D eigenvalue weighted by Crippen LogP contribution is -2.36. The number of fused-ring (bicyclic) bond motifs is 1. The van der Waals surface area contributed by atoms with E-state index in [1.54, 1.807) is 6.33 Å². The molecule has 29 heavy (non-hydrogen) atoms. The van der Waals surface area contributed by atoms with Crippen LogP contribution in [0.4, 0.5) is 28.7 Å². The maximum atomic E-state index is 5.50. The normalized spacial score (nSPS) is 18.6. The smallest absolute Gasteiger partial charge is 0.138 e. The van der Waals surface area contributed by atoms with E-state index in [1.165, 1.54) is 16.9 Å². The average Bonchev–Trinajstić information content (AvgIpc) is 3.11. The summed E-state index contributed by atoms with van der Waals surface area (Å²) in [5, 5.41) is 3.51. The molecule has 1 atom stereocenters. The number of rotatable bonds is 4. The van der Waals surface area contributed by atoms with Crippen LogP contribution in [0, 0.1) is 0 Å². The van der Waals surface area contributed by atoms with Crippen LogP contribution in [0.1, 0.15) is 12.5 Å². The standard InChI is InChI=1S/C23H25N5O/c1-17-14-18-6-2-4-8-20(18)28(17)23-15-22(24-16-25-23)26-19-7-3-5-9-21(19)27-10-12-29-13-11-27/h2-9,15-17H,10-14H2,1H3,(H,24,25,26). The third kappa shape index (κ3) is 3.51. The Bertz CT molecular complexity index is 1000. The van der Waals surface area contributed by atoms with Crippen LogP contribution < -0.4 is 15.1 Å². The number of para-hydroxylation sites is 3. The summed E-state index contributed by atoms with van der Waals surface area (Å²) < 4.78 is 5.50. The molecule has 6 heteroatoms. The Morgan fingerprint density at radius 3 is 2.59 bits per heavy atom. The van der Waals surface area contributed by atoms with Gasteiger partial charge in [0.05, 0.1) is 24.6 Å². The third-order valence-corrected chi connectivity index (χ3v) is 5.63. The second kappa shape index (κ2) is 7.72. The SMILES string of the molecule is CC1Cc2ccccc2N1c1cc(Nc2ccccc2N2CCOCC2)ncn1. The number of nitrogens with one attached hydrogen (secondary N) is 1. The Morgan fingerprint density at radius 2 is 1.72 bits per heavy atom. The monoisotopic (exact) mass is 387 g/mol. The van der Waals surface area contributed by atoms with Crippen LogP contribution in [-0.2, 0) is 11.2 Å². The zero-order chi connectivity index (χ0) is 19.6. The number of benzene rings is 2. The van der Waals surface area contributed by atoms with E-state index < -0.39 is 0 Å². The minimum atomic E-state index is 0.371. The van der Waals surface area contributed by atoms with E-state index in [-0.39, 0.29) is 0 Å². The van der Waals surface area contributed by atoms with Gasteiger partial charge in [-0.25, -0.2) is 9.97 Å². The molecule has 1 N–H and O–H groups in total. The highest BCUT2D eigenvalue weighted by Gasteiger charge is 2.28. The molecule has 148 valence electrons. The largest absolute Gasteiger partial charge is 0.378 e. The van der Waals surface area contributed by atoms with Crippen molar-refractivity contribution < 1.29 is 4.74 Å². The van der Waals surface area contributed by atoms with Crippen molar-refractivity contribution in [3.05, 3.63) is 66.5 Å². The Morgan fingerprint density at radius 1 is 0.966 bits per heavy atom. The highest BCUT2D eigenvalue weighted by molar-refractivity contribution is 5.76. The first kappa shape index (κ1) is 17.9. The molecule has 6 nitrogen and oxygen atoms in total. The number of morpholine rings is 1. The molecule has 3 aromatic rings. The van der Waals surface area contributed by atoms with Gasteiger partial charge in [-0.3, -0.25) is 0 Å². The molecule has 0 bridgehead atoms. The summed E-state index contributed by atoms with van der Waals surface area (Å²) in [6.07, 6.45) is 2.67. The van der Waals surface area contributed by atoms with Gasteiger partial charge in [-0.1, -0.05) is 30.3 Å². The molecule has 0 radical (unpaired) electrons. The minimum Gasteiger partial charge on any atom is -0.378 e. The van der Waals surface area contributed by atoms with E-state index in [4.69, 9.17) is 4.74 Å².